The van der Waals surface area contributed by atoms with Crippen molar-refractivity contribution in [3.05, 3.63) is 0 Å². The van der Waals surface area contributed by atoms with Gasteiger partial charge in [-0.05, 0) is 6.92 Å². The van der Waals surface area contributed by atoms with Gasteiger partial charge in [0, 0.05) is 12.1 Å². The molecule has 0 aromatic heterocycles. The maximum Gasteiger partial charge on any atom is 0.309 e. The SMILES string of the molecule is CC1=NCC(O)C(C(=O)O)C1. The Hall–Kier alpha value is -0.900. The van der Waals surface area contributed by atoms with Crippen LogP contribution in [0.2, 0.25) is 0 Å². The summed E-state index contributed by atoms with van der Waals surface area (Å²) in [5.74, 6) is -1.60. The first kappa shape index (κ1) is 8.20. The number of carboxylic acids is 1. The highest BCUT2D eigenvalue weighted by atomic mass is 16.4. The molecule has 1 heterocycles. The molecule has 0 fully saturated rings. The molecule has 62 valence electrons. The number of aliphatic imine (C=N–C) groups is 1. The molecule has 0 bridgehead atoms. The van der Waals surface area contributed by atoms with Crippen molar-refractivity contribution in [3.8, 4) is 0 Å². The standard InChI is InChI=1S/C7H11NO3/c1-4-2-5(7(10)11)6(9)3-8-4/h5-6,9H,2-3H2,1H3,(H,10,11). The summed E-state index contributed by atoms with van der Waals surface area (Å²) >= 11 is 0. The van der Waals surface area contributed by atoms with Crippen LogP contribution < -0.4 is 0 Å². The van der Waals surface area contributed by atoms with Gasteiger partial charge < -0.3 is 10.2 Å². The number of nitrogens with zero attached hydrogens (tertiary/aromatic N) is 1. The van der Waals surface area contributed by atoms with Gasteiger partial charge in [-0.1, -0.05) is 0 Å². The molecule has 0 aliphatic carbocycles. The first-order valence-corrected chi connectivity index (χ1v) is 3.52. The van der Waals surface area contributed by atoms with Gasteiger partial charge in [0.15, 0.2) is 0 Å². The lowest BCUT2D eigenvalue weighted by Gasteiger charge is -2.21. The number of carboxylic acid groups (broad SMARTS) is 1. The highest BCUT2D eigenvalue weighted by molar-refractivity contribution is 5.87. The average molecular weight is 157 g/mol. The maximum atomic E-state index is 10.5. The van der Waals surface area contributed by atoms with Crippen molar-refractivity contribution in [2.75, 3.05) is 6.54 Å². The highest BCUT2D eigenvalue weighted by Crippen LogP contribution is 2.15. The van der Waals surface area contributed by atoms with Crippen LogP contribution in [0.5, 0.6) is 0 Å². The number of hydrogen-bond acceptors (Lipinski definition) is 3. The minimum absolute atomic E-state index is 0.225. The van der Waals surface area contributed by atoms with E-state index in [0.717, 1.165) is 5.71 Å². The van der Waals surface area contributed by atoms with E-state index in [4.69, 9.17) is 10.2 Å². The molecule has 0 aromatic carbocycles. The second kappa shape index (κ2) is 3.00. The van der Waals surface area contributed by atoms with E-state index >= 15 is 0 Å². The van der Waals surface area contributed by atoms with Crippen molar-refractivity contribution in [2.24, 2.45) is 10.9 Å². The van der Waals surface area contributed by atoms with Gasteiger partial charge in [0.05, 0.1) is 18.6 Å². The van der Waals surface area contributed by atoms with Gasteiger partial charge in [0.25, 0.3) is 0 Å². The van der Waals surface area contributed by atoms with E-state index in [9.17, 15) is 4.79 Å². The maximum absolute atomic E-state index is 10.5. The van der Waals surface area contributed by atoms with Gasteiger partial charge >= 0.3 is 5.97 Å². The third-order valence-corrected chi connectivity index (χ3v) is 1.85. The van der Waals surface area contributed by atoms with E-state index in [1.807, 2.05) is 0 Å². The van der Waals surface area contributed by atoms with Gasteiger partial charge in [-0.2, -0.15) is 0 Å². The van der Waals surface area contributed by atoms with E-state index < -0.39 is 18.0 Å². The predicted octanol–water partition coefficient (Wildman–Crippen LogP) is -0.0873. The summed E-state index contributed by atoms with van der Waals surface area (Å²) in [7, 11) is 0. The molecule has 0 amide bonds. The zero-order valence-corrected chi connectivity index (χ0v) is 6.32. The lowest BCUT2D eigenvalue weighted by molar-refractivity contribution is -0.145. The Labute approximate surface area is 64.6 Å². The highest BCUT2D eigenvalue weighted by Gasteiger charge is 2.29. The van der Waals surface area contributed by atoms with E-state index in [1.165, 1.54) is 0 Å². The van der Waals surface area contributed by atoms with E-state index in [2.05, 4.69) is 4.99 Å². The monoisotopic (exact) mass is 157 g/mol. The fourth-order valence-corrected chi connectivity index (χ4v) is 1.15. The molecule has 2 unspecified atom stereocenters. The van der Waals surface area contributed by atoms with Crippen molar-refractivity contribution in [3.63, 3.8) is 0 Å². The van der Waals surface area contributed by atoms with Crippen molar-refractivity contribution in [1.29, 1.82) is 0 Å². The fourth-order valence-electron chi connectivity index (χ4n) is 1.15. The summed E-state index contributed by atoms with van der Waals surface area (Å²) in [5, 5.41) is 17.8. The molecule has 1 rings (SSSR count). The summed E-state index contributed by atoms with van der Waals surface area (Å²) in [4.78, 5) is 14.4. The number of aliphatic hydroxyl groups excluding tert-OH is 1. The Kier molecular flexibility index (Phi) is 2.24. The third kappa shape index (κ3) is 1.77. The van der Waals surface area contributed by atoms with Crippen molar-refractivity contribution < 1.29 is 15.0 Å². The normalized spacial score (nSPS) is 31.3. The van der Waals surface area contributed by atoms with Crippen LogP contribution in [0, 0.1) is 5.92 Å². The molecule has 0 saturated carbocycles. The van der Waals surface area contributed by atoms with Gasteiger partial charge in [-0.25, -0.2) is 0 Å². The second-order valence-electron chi connectivity index (χ2n) is 2.79. The molecule has 0 radical (unpaired) electrons. The molecule has 0 spiro atoms. The quantitative estimate of drug-likeness (QED) is 0.559. The molecular weight excluding hydrogens is 146 g/mol. The zero-order chi connectivity index (χ0) is 8.43. The summed E-state index contributed by atoms with van der Waals surface area (Å²) in [6.07, 6.45) is -0.438. The van der Waals surface area contributed by atoms with E-state index in [0.29, 0.717) is 6.42 Å². The van der Waals surface area contributed by atoms with Crippen LogP contribution >= 0.6 is 0 Å². The van der Waals surface area contributed by atoms with Crippen LogP contribution in [-0.2, 0) is 4.79 Å². The second-order valence-corrected chi connectivity index (χ2v) is 2.79. The molecule has 0 saturated heterocycles. The largest absolute Gasteiger partial charge is 0.481 e. The molecule has 1 aliphatic heterocycles. The average Bonchev–Trinajstić information content (AvgIpc) is 1.94. The number of hydrogen-bond donors (Lipinski definition) is 2. The smallest absolute Gasteiger partial charge is 0.309 e. The van der Waals surface area contributed by atoms with Gasteiger partial charge in [-0.3, -0.25) is 9.79 Å². The number of carbonyl (C=O) groups is 1. The van der Waals surface area contributed by atoms with Crippen LogP contribution in [0.25, 0.3) is 0 Å². The van der Waals surface area contributed by atoms with Gasteiger partial charge in [0.1, 0.15) is 0 Å². The van der Waals surface area contributed by atoms with Crippen molar-refractivity contribution in [2.45, 2.75) is 19.4 Å². The summed E-state index contributed by atoms with van der Waals surface area (Å²) < 4.78 is 0. The Balaban J connectivity index is 2.67. The predicted molar refractivity (Wildman–Crippen MR) is 39.7 cm³/mol. The Morgan fingerprint density at radius 2 is 2.36 bits per heavy atom. The zero-order valence-electron chi connectivity index (χ0n) is 6.32. The first-order valence-electron chi connectivity index (χ1n) is 3.52. The molecule has 1 aliphatic rings. The van der Waals surface area contributed by atoms with Crippen LogP contribution in [-0.4, -0.2) is 34.5 Å². The minimum Gasteiger partial charge on any atom is -0.481 e. The first-order chi connectivity index (χ1) is 5.11. The van der Waals surface area contributed by atoms with E-state index in [-0.39, 0.29) is 6.54 Å². The summed E-state index contributed by atoms with van der Waals surface area (Å²) in [6.45, 7) is 2.00. The van der Waals surface area contributed by atoms with E-state index in [1.54, 1.807) is 6.92 Å². The Bertz CT molecular complexity index is 200. The van der Waals surface area contributed by atoms with Crippen molar-refractivity contribution in [1.82, 2.24) is 0 Å². The third-order valence-electron chi connectivity index (χ3n) is 1.85. The molecule has 2 atom stereocenters. The van der Waals surface area contributed by atoms with Crippen LogP contribution in [0.4, 0.5) is 0 Å². The summed E-state index contributed by atoms with van der Waals surface area (Å²) in [6, 6.07) is 0. The molecule has 4 nitrogen and oxygen atoms in total. The van der Waals surface area contributed by atoms with Crippen LogP contribution in [0.15, 0.2) is 4.99 Å². The topological polar surface area (TPSA) is 69.9 Å². The van der Waals surface area contributed by atoms with Gasteiger partial charge in [0.2, 0.25) is 0 Å². The molecule has 4 heteroatoms. The molecule has 0 aromatic rings. The number of rotatable bonds is 1. The summed E-state index contributed by atoms with van der Waals surface area (Å²) in [5.41, 5.74) is 0.808. The number of aliphatic hydroxyl groups is 1. The molecule has 11 heavy (non-hydrogen) atoms. The van der Waals surface area contributed by atoms with Crippen LogP contribution in [0.1, 0.15) is 13.3 Å². The van der Waals surface area contributed by atoms with Gasteiger partial charge in [-0.15, -0.1) is 0 Å². The lowest BCUT2D eigenvalue weighted by Crippen LogP contribution is -2.35. The van der Waals surface area contributed by atoms with Crippen molar-refractivity contribution >= 4 is 11.7 Å². The van der Waals surface area contributed by atoms with Crippen LogP contribution in [0.3, 0.4) is 0 Å². The fraction of sp³-hybridized carbons (Fsp3) is 0.714. The molecular formula is C7H11NO3. The number of aliphatic carboxylic acids is 1. The lowest BCUT2D eigenvalue weighted by atomic mass is 9.94. The molecule has 2 N–H and O–H groups in total. The minimum atomic E-state index is -0.938. The Morgan fingerprint density at radius 1 is 1.73 bits per heavy atom. The Morgan fingerprint density at radius 3 is 2.82 bits per heavy atom.